The molecule has 4 rings (SSSR count). The lowest BCUT2D eigenvalue weighted by Crippen LogP contribution is -2.38. The minimum absolute atomic E-state index is 0.0271. The molecule has 0 radical (unpaired) electrons. The second-order valence-corrected chi connectivity index (χ2v) is 8.51. The molecular weight excluding hydrogens is 372 g/mol. The Labute approximate surface area is 167 Å². The Balaban J connectivity index is 1.75. The first-order valence-corrected chi connectivity index (χ1v) is 10.4. The van der Waals surface area contributed by atoms with Crippen LogP contribution in [0.15, 0.2) is 34.7 Å². The van der Waals surface area contributed by atoms with E-state index in [2.05, 4.69) is 27.0 Å². The van der Waals surface area contributed by atoms with Gasteiger partial charge in [0.15, 0.2) is 0 Å². The average Bonchev–Trinajstić information content (AvgIpc) is 3.22. The SMILES string of the molecule is Cc1cc(-c2cncs2)cc2c(N(C)C3CCC(C(N)=O)CC3)cc(=O)[nH]c12. The molecule has 1 aliphatic rings. The summed E-state index contributed by atoms with van der Waals surface area (Å²) in [5.74, 6) is -0.228. The number of hydrogen-bond donors (Lipinski definition) is 2. The van der Waals surface area contributed by atoms with Gasteiger partial charge in [0.2, 0.25) is 11.5 Å². The Morgan fingerprint density at radius 3 is 2.64 bits per heavy atom. The van der Waals surface area contributed by atoms with E-state index in [0.29, 0.717) is 0 Å². The molecule has 0 atom stereocenters. The molecule has 2 aromatic heterocycles. The minimum atomic E-state index is -0.201. The van der Waals surface area contributed by atoms with Crippen LogP contribution in [0.2, 0.25) is 0 Å². The third-order valence-electron chi connectivity index (χ3n) is 5.87. The molecule has 0 bridgehead atoms. The molecule has 146 valence electrons. The van der Waals surface area contributed by atoms with Crippen molar-refractivity contribution >= 4 is 33.8 Å². The van der Waals surface area contributed by atoms with Gasteiger partial charge in [-0.3, -0.25) is 14.6 Å². The Morgan fingerprint density at radius 2 is 2.00 bits per heavy atom. The molecule has 1 saturated carbocycles. The number of nitrogens with two attached hydrogens (primary N) is 1. The quantitative estimate of drug-likeness (QED) is 0.707. The maximum atomic E-state index is 12.3. The molecule has 1 amide bonds. The van der Waals surface area contributed by atoms with Gasteiger partial charge in [0.05, 0.1) is 21.6 Å². The number of benzene rings is 1. The maximum absolute atomic E-state index is 12.3. The smallest absolute Gasteiger partial charge is 0.250 e. The predicted octanol–water partition coefficient (Wildman–Crippen LogP) is 3.44. The molecule has 3 aromatic rings. The van der Waals surface area contributed by atoms with Crippen molar-refractivity contribution in [3.05, 3.63) is 45.8 Å². The van der Waals surface area contributed by atoms with Gasteiger partial charge < -0.3 is 15.6 Å². The van der Waals surface area contributed by atoms with E-state index in [1.165, 1.54) is 0 Å². The largest absolute Gasteiger partial charge is 0.371 e. The predicted molar refractivity (Wildman–Crippen MR) is 114 cm³/mol. The summed E-state index contributed by atoms with van der Waals surface area (Å²) in [5.41, 5.74) is 11.1. The monoisotopic (exact) mass is 396 g/mol. The van der Waals surface area contributed by atoms with Gasteiger partial charge in [0, 0.05) is 36.7 Å². The molecule has 28 heavy (non-hydrogen) atoms. The zero-order chi connectivity index (χ0) is 19.8. The van der Waals surface area contributed by atoms with Gasteiger partial charge in [0.1, 0.15) is 0 Å². The number of rotatable bonds is 4. The number of anilines is 1. The van der Waals surface area contributed by atoms with Crippen LogP contribution in [0.25, 0.3) is 21.3 Å². The van der Waals surface area contributed by atoms with Gasteiger partial charge in [-0.25, -0.2) is 0 Å². The first-order chi connectivity index (χ1) is 13.4. The summed E-state index contributed by atoms with van der Waals surface area (Å²) < 4.78 is 0. The van der Waals surface area contributed by atoms with Crippen molar-refractivity contribution in [2.24, 2.45) is 11.7 Å². The Morgan fingerprint density at radius 1 is 1.25 bits per heavy atom. The van der Waals surface area contributed by atoms with Crippen LogP contribution in [0.5, 0.6) is 0 Å². The van der Waals surface area contributed by atoms with E-state index >= 15 is 0 Å². The van der Waals surface area contributed by atoms with E-state index in [1.54, 1.807) is 17.4 Å². The Bertz CT molecular complexity index is 1070. The van der Waals surface area contributed by atoms with Crippen molar-refractivity contribution < 1.29 is 4.79 Å². The topological polar surface area (TPSA) is 92.1 Å². The fourth-order valence-electron chi connectivity index (χ4n) is 4.25. The number of carbonyl (C=O) groups is 1. The lowest BCUT2D eigenvalue weighted by Gasteiger charge is -2.35. The second kappa shape index (κ2) is 7.39. The molecule has 1 fully saturated rings. The van der Waals surface area contributed by atoms with Crippen LogP contribution < -0.4 is 16.2 Å². The fourth-order valence-corrected chi connectivity index (χ4v) is 4.86. The molecule has 1 aliphatic carbocycles. The number of hydrogen-bond acceptors (Lipinski definition) is 5. The number of primary amides is 1. The molecule has 6 nitrogen and oxygen atoms in total. The molecule has 0 aliphatic heterocycles. The molecule has 2 heterocycles. The molecule has 0 saturated heterocycles. The number of H-pyrrole nitrogens is 1. The van der Waals surface area contributed by atoms with Crippen LogP contribution >= 0.6 is 11.3 Å². The zero-order valence-corrected chi connectivity index (χ0v) is 16.9. The number of thiazole rings is 1. The van der Waals surface area contributed by atoms with Crippen LogP contribution in [-0.2, 0) is 4.79 Å². The molecule has 7 heteroatoms. The van der Waals surface area contributed by atoms with Crippen LogP contribution in [0, 0.1) is 12.8 Å². The molecule has 0 unspecified atom stereocenters. The number of fused-ring (bicyclic) bond motifs is 1. The number of nitrogens with one attached hydrogen (secondary N) is 1. The first-order valence-electron chi connectivity index (χ1n) is 9.52. The van der Waals surface area contributed by atoms with E-state index < -0.39 is 0 Å². The lowest BCUT2D eigenvalue weighted by molar-refractivity contribution is -0.122. The van der Waals surface area contributed by atoms with Gasteiger partial charge >= 0.3 is 0 Å². The van der Waals surface area contributed by atoms with Crippen LogP contribution in [0.1, 0.15) is 31.2 Å². The Hall–Kier alpha value is -2.67. The molecular formula is C21H24N4O2S. The highest BCUT2D eigenvalue weighted by Gasteiger charge is 2.28. The van der Waals surface area contributed by atoms with Crippen LogP contribution in [0.3, 0.4) is 0 Å². The maximum Gasteiger partial charge on any atom is 0.250 e. The summed E-state index contributed by atoms with van der Waals surface area (Å²) >= 11 is 1.60. The summed E-state index contributed by atoms with van der Waals surface area (Å²) in [5, 5.41) is 1.03. The third kappa shape index (κ3) is 3.42. The van der Waals surface area contributed by atoms with Crippen LogP contribution in [-0.4, -0.2) is 29.0 Å². The number of aryl methyl sites for hydroxylation is 1. The fraction of sp³-hybridized carbons (Fsp3) is 0.381. The minimum Gasteiger partial charge on any atom is -0.371 e. The summed E-state index contributed by atoms with van der Waals surface area (Å²) in [4.78, 5) is 34.3. The molecule has 1 aromatic carbocycles. The van der Waals surface area contributed by atoms with E-state index in [1.807, 2.05) is 25.7 Å². The first kappa shape index (κ1) is 18.7. The van der Waals surface area contributed by atoms with Crippen molar-refractivity contribution in [3.63, 3.8) is 0 Å². The summed E-state index contributed by atoms with van der Waals surface area (Å²) in [6.07, 6.45) is 5.26. The lowest BCUT2D eigenvalue weighted by atomic mass is 9.85. The van der Waals surface area contributed by atoms with E-state index in [-0.39, 0.29) is 23.4 Å². The van der Waals surface area contributed by atoms with Gasteiger partial charge in [-0.05, 0) is 55.9 Å². The standard InChI is InChI=1S/C21H24N4O2S/c1-12-7-14(18-10-23-11-28-18)8-16-17(9-19(26)24-20(12)16)25(2)15-5-3-13(4-6-15)21(22)27/h7-11,13,15H,3-6H2,1-2H3,(H2,22,27)(H,24,26). The zero-order valence-electron chi connectivity index (χ0n) is 16.1. The number of aromatic amines is 1. The van der Waals surface area contributed by atoms with E-state index in [0.717, 1.165) is 58.3 Å². The number of carbonyl (C=O) groups excluding carboxylic acids is 1. The number of nitrogens with zero attached hydrogens (tertiary/aromatic N) is 2. The van der Waals surface area contributed by atoms with Crippen molar-refractivity contribution in [3.8, 4) is 10.4 Å². The van der Waals surface area contributed by atoms with Crippen molar-refractivity contribution in [1.29, 1.82) is 0 Å². The highest BCUT2D eigenvalue weighted by atomic mass is 32.1. The average molecular weight is 397 g/mol. The van der Waals surface area contributed by atoms with Crippen LogP contribution in [0.4, 0.5) is 5.69 Å². The van der Waals surface area contributed by atoms with Crippen molar-refractivity contribution in [2.75, 3.05) is 11.9 Å². The van der Waals surface area contributed by atoms with Crippen molar-refractivity contribution in [1.82, 2.24) is 9.97 Å². The Kier molecular flexibility index (Phi) is 4.93. The van der Waals surface area contributed by atoms with Gasteiger partial charge in [-0.1, -0.05) is 0 Å². The summed E-state index contributed by atoms with van der Waals surface area (Å²) in [7, 11) is 2.04. The number of aromatic nitrogens is 2. The highest BCUT2D eigenvalue weighted by Crippen LogP contribution is 2.35. The van der Waals surface area contributed by atoms with Gasteiger partial charge in [-0.15, -0.1) is 11.3 Å². The number of pyridine rings is 1. The van der Waals surface area contributed by atoms with E-state index in [9.17, 15) is 9.59 Å². The highest BCUT2D eigenvalue weighted by molar-refractivity contribution is 7.13. The normalized spacial score (nSPS) is 19.6. The summed E-state index contributed by atoms with van der Waals surface area (Å²) in [6, 6.07) is 6.19. The molecule has 0 spiro atoms. The third-order valence-corrected chi connectivity index (χ3v) is 6.69. The molecule has 3 N–H and O–H groups in total. The summed E-state index contributed by atoms with van der Waals surface area (Å²) in [6.45, 7) is 2.02. The second-order valence-electron chi connectivity index (χ2n) is 7.62. The van der Waals surface area contributed by atoms with Gasteiger partial charge in [-0.2, -0.15) is 0 Å². The van der Waals surface area contributed by atoms with E-state index in [4.69, 9.17) is 5.73 Å². The number of amides is 1. The van der Waals surface area contributed by atoms with Crippen molar-refractivity contribution in [2.45, 2.75) is 38.6 Å². The van der Waals surface area contributed by atoms with Gasteiger partial charge in [0.25, 0.3) is 0 Å².